The number of fused-ring (bicyclic) bond motifs is 1. The van der Waals surface area contributed by atoms with Crippen LogP contribution in [0.25, 0.3) is 0 Å². The molecule has 2 nitrogen and oxygen atoms in total. The average Bonchev–Trinajstić information content (AvgIpc) is 2.20. The van der Waals surface area contributed by atoms with Gasteiger partial charge in [0.1, 0.15) is 0 Å². The Morgan fingerprint density at radius 3 is 2.31 bits per heavy atom. The van der Waals surface area contributed by atoms with Gasteiger partial charge in [-0.2, -0.15) is 0 Å². The maximum atomic E-state index is 5.74. The quantitative estimate of drug-likeness (QED) is 0.470. The fourth-order valence-electron chi connectivity index (χ4n) is 1.56. The Labute approximate surface area is 82.5 Å². The summed E-state index contributed by atoms with van der Waals surface area (Å²) in [6, 6.07) is 1.70. The van der Waals surface area contributed by atoms with E-state index in [-0.39, 0.29) is 0 Å². The van der Waals surface area contributed by atoms with E-state index >= 15 is 0 Å². The van der Waals surface area contributed by atoms with E-state index in [0.29, 0.717) is 11.1 Å². The fraction of sp³-hybridized carbons (Fsp3) is 0.286. The molecular weight excluding hydrogens is 155 g/mol. The van der Waals surface area contributed by atoms with Gasteiger partial charge >= 0.3 is 0 Å². The van der Waals surface area contributed by atoms with Gasteiger partial charge in [0.15, 0.2) is 0 Å². The summed E-state index contributed by atoms with van der Waals surface area (Å²) < 4.78 is 0. The molecule has 0 aromatic carbocycles. The van der Waals surface area contributed by atoms with Gasteiger partial charge in [0.25, 0.3) is 0 Å². The van der Waals surface area contributed by atoms with E-state index in [4.69, 9.17) is 31.4 Å². The van der Waals surface area contributed by atoms with E-state index in [1.54, 1.807) is 18.5 Å². The normalized spacial score (nSPS) is 22.5. The third-order valence-electron chi connectivity index (χ3n) is 2.13. The lowest BCUT2D eigenvalue weighted by Gasteiger charge is -2.27. The van der Waals surface area contributed by atoms with Crippen molar-refractivity contribution in [3.8, 4) is 0 Å². The first-order chi connectivity index (χ1) is 5.93. The Bertz CT molecular complexity index is 317. The van der Waals surface area contributed by atoms with E-state index in [1.807, 2.05) is 0 Å². The predicted octanol–water partition coefficient (Wildman–Crippen LogP) is -1.42. The molecule has 0 bridgehead atoms. The molecule has 0 fully saturated rings. The van der Waals surface area contributed by atoms with E-state index < -0.39 is 10.7 Å². The summed E-state index contributed by atoms with van der Waals surface area (Å²) in [5.41, 5.74) is 1.30. The molecule has 0 atom stereocenters. The van der Waals surface area contributed by atoms with E-state index in [0.717, 1.165) is 0 Å². The molecule has 0 unspecified atom stereocenters. The summed E-state index contributed by atoms with van der Waals surface area (Å²) in [6.45, 7) is 0. The zero-order chi connectivity index (χ0) is 9.69. The van der Waals surface area contributed by atoms with Crippen molar-refractivity contribution in [2.75, 3.05) is 0 Å². The van der Waals surface area contributed by atoms with Crippen LogP contribution in [0.5, 0.6) is 0 Å². The minimum atomic E-state index is -1.20. The molecule has 2 heterocycles. The number of hydrogen-bond donors (Lipinski definition) is 1. The first-order valence-corrected chi connectivity index (χ1v) is 3.83. The molecule has 8 radical (unpaired) electrons. The van der Waals surface area contributed by atoms with E-state index in [2.05, 4.69) is 10.3 Å². The van der Waals surface area contributed by atoms with Crippen LogP contribution in [0.1, 0.15) is 11.1 Å². The van der Waals surface area contributed by atoms with Crippen LogP contribution >= 0.6 is 0 Å². The van der Waals surface area contributed by atoms with Crippen LogP contribution in [-0.4, -0.2) is 36.4 Å². The van der Waals surface area contributed by atoms with Crippen LogP contribution < -0.4 is 5.32 Å². The molecule has 2 rings (SSSR count). The molecular formula is C7H4B4N2. The molecule has 0 saturated carbocycles. The van der Waals surface area contributed by atoms with E-state index in [9.17, 15) is 0 Å². The van der Waals surface area contributed by atoms with Crippen molar-refractivity contribution in [3.05, 3.63) is 29.6 Å². The Balaban J connectivity index is 2.64. The van der Waals surface area contributed by atoms with Crippen LogP contribution in [0, 0.1) is 0 Å². The minimum absolute atomic E-state index is 0.625. The molecule has 6 heteroatoms. The van der Waals surface area contributed by atoms with Crippen molar-refractivity contribution >= 4 is 31.4 Å². The van der Waals surface area contributed by atoms with Crippen molar-refractivity contribution in [1.82, 2.24) is 10.3 Å². The Morgan fingerprint density at radius 1 is 1.08 bits per heavy atom. The maximum absolute atomic E-state index is 5.74. The van der Waals surface area contributed by atoms with Crippen LogP contribution in [0.4, 0.5) is 0 Å². The zero-order valence-electron chi connectivity index (χ0n) is 6.99. The number of hydrogen-bond acceptors (Lipinski definition) is 2. The lowest BCUT2D eigenvalue weighted by atomic mass is 9.59. The van der Waals surface area contributed by atoms with Crippen molar-refractivity contribution in [2.45, 2.75) is 10.7 Å². The van der Waals surface area contributed by atoms with Gasteiger partial charge in [-0.05, 0) is 27.9 Å². The fourth-order valence-corrected chi connectivity index (χ4v) is 1.56. The summed E-state index contributed by atoms with van der Waals surface area (Å²) in [6.07, 6.45) is 3.15. The molecule has 54 valence electrons. The molecule has 13 heavy (non-hydrogen) atoms. The summed E-state index contributed by atoms with van der Waals surface area (Å²) in [4.78, 5) is 3.91. The number of pyridine rings is 1. The van der Waals surface area contributed by atoms with Gasteiger partial charge in [-0.3, -0.25) is 4.98 Å². The highest BCUT2D eigenvalue weighted by Gasteiger charge is 2.38. The summed E-state index contributed by atoms with van der Waals surface area (Å²) in [5.74, 6) is 0. The second-order valence-electron chi connectivity index (χ2n) is 3.28. The second kappa shape index (κ2) is 2.44. The molecule has 1 aromatic rings. The smallest absolute Gasteiger partial charge is 0.0884 e. The second-order valence-corrected chi connectivity index (χ2v) is 3.28. The monoisotopic (exact) mass is 160 g/mol. The van der Waals surface area contributed by atoms with Gasteiger partial charge < -0.3 is 5.32 Å². The first kappa shape index (κ1) is 8.95. The number of nitrogens with one attached hydrogen (secondary N) is 1. The minimum Gasteiger partial charge on any atom is -0.331 e. The molecule has 1 aromatic heterocycles. The van der Waals surface area contributed by atoms with Crippen LogP contribution in [0.2, 0.25) is 0 Å². The zero-order valence-corrected chi connectivity index (χ0v) is 6.99. The lowest BCUT2D eigenvalue weighted by Crippen LogP contribution is -2.49. The molecule has 0 amide bonds. The number of nitrogens with zero attached hydrogens (tertiary/aromatic N) is 1. The summed E-state index contributed by atoms with van der Waals surface area (Å²) in [5, 5.41) is 0.326. The third-order valence-corrected chi connectivity index (χ3v) is 2.13. The highest BCUT2D eigenvalue weighted by molar-refractivity contribution is 6.46. The van der Waals surface area contributed by atoms with Gasteiger partial charge in [-0.15, -0.1) is 0 Å². The standard InChI is InChI=1S/C7H4B4N2/c8-6(9)4-1-2-12-3-5(4)7(10,11)13-6/h1-3,13H. The molecule has 1 aliphatic heterocycles. The maximum Gasteiger partial charge on any atom is 0.0884 e. The molecule has 0 saturated heterocycles. The SMILES string of the molecule is [B]C1([B])NC([B])([B])c2cnccc21. The summed E-state index contributed by atoms with van der Waals surface area (Å²) >= 11 is 0. The largest absolute Gasteiger partial charge is 0.331 e. The first-order valence-electron chi connectivity index (χ1n) is 3.83. The molecule has 0 aliphatic carbocycles. The van der Waals surface area contributed by atoms with Crippen molar-refractivity contribution in [1.29, 1.82) is 0 Å². The van der Waals surface area contributed by atoms with Gasteiger partial charge in [0.2, 0.25) is 0 Å². The predicted molar refractivity (Wildman–Crippen MR) is 53.7 cm³/mol. The van der Waals surface area contributed by atoms with Crippen molar-refractivity contribution < 1.29 is 0 Å². The molecule has 1 aliphatic rings. The number of aromatic nitrogens is 1. The van der Waals surface area contributed by atoms with Crippen molar-refractivity contribution in [2.24, 2.45) is 0 Å². The lowest BCUT2D eigenvalue weighted by molar-refractivity contribution is 0.615. The third kappa shape index (κ3) is 1.24. The van der Waals surface area contributed by atoms with Crippen LogP contribution in [0.15, 0.2) is 18.5 Å². The van der Waals surface area contributed by atoms with Gasteiger partial charge in [0, 0.05) is 12.4 Å². The van der Waals surface area contributed by atoms with Crippen LogP contribution in [-0.2, 0) is 10.7 Å². The number of rotatable bonds is 0. The Kier molecular flexibility index (Phi) is 1.68. The highest BCUT2D eigenvalue weighted by atomic mass is 15.0. The van der Waals surface area contributed by atoms with Crippen molar-refractivity contribution in [3.63, 3.8) is 0 Å². The van der Waals surface area contributed by atoms with Gasteiger partial charge in [0.05, 0.1) is 31.4 Å². The van der Waals surface area contributed by atoms with Gasteiger partial charge in [-0.1, -0.05) is 0 Å². The van der Waals surface area contributed by atoms with E-state index in [1.165, 1.54) is 0 Å². The molecule has 1 N–H and O–H groups in total. The topological polar surface area (TPSA) is 24.9 Å². The Morgan fingerprint density at radius 2 is 1.69 bits per heavy atom. The van der Waals surface area contributed by atoms with Crippen LogP contribution in [0.3, 0.4) is 0 Å². The Hall–Kier alpha value is -0.630. The van der Waals surface area contributed by atoms with Gasteiger partial charge in [-0.25, -0.2) is 0 Å². The molecule has 0 spiro atoms. The highest BCUT2D eigenvalue weighted by Crippen LogP contribution is 2.33. The average molecular weight is 159 g/mol. The summed E-state index contributed by atoms with van der Waals surface area (Å²) in [7, 11) is 23.0.